The fourth-order valence-electron chi connectivity index (χ4n) is 1.53. The number of rotatable bonds is 6. The molecule has 2 unspecified atom stereocenters. The second kappa shape index (κ2) is 6.59. The van der Waals surface area contributed by atoms with Crippen molar-refractivity contribution in [3.05, 3.63) is 29.3 Å². The fourth-order valence-corrected chi connectivity index (χ4v) is 1.53. The number of benzene rings is 1. The second-order valence-corrected chi connectivity index (χ2v) is 4.20. The van der Waals surface area contributed by atoms with Crippen LogP contribution in [0.3, 0.4) is 0 Å². The summed E-state index contributed by atoms with van der Waals surface area (Å²) in [4.78, 5) is 0. The maximum absolute atomic E-state index is 9.27. The predicted molar refractivity (Wildman–Crippen MR) is 67.2 cm³/mol. The lowest BCUT2D eigenvalue weighted by molar-refractivity contribution is 0.0531. The van der Waals surface area contributed by atoms with E-state index in [2.05, 4.69) is 11.4 Å². The Bertz CT molecular complexity index is 355. The quantitative estimate of drug-likeness (QED) is 0.693. The van der Waals surface area contributed by atoms with Crippen LogP contribution in [0.4, 0.5) is 0 Å². The molecule has 2 atom stereocenters. The van der Waals surface area contributed by atoms with Crippen LogP contribution in [-0.2, 0) is 0 Å². The molecule has 0 heterocycles. The second-order valence-electron chi connectivity index (χ2n) is 4.20. The van der Waals surface area contributed by atoms with E-state index < -0.39 is 6.10 Å². The van der Waals surface area contributed by atoms with Crippen LogP contribution in [0.5, 0.6) is 5.75 Å². The van der Waals surface area contributed by atoms with Crippen molar-refractivity contribution < 1.29 is 14.9 Å². The van der Waals surface area contributed by atoms with Crippen molar-refractivity contribution in [3.63, 3.8) is 0 Å². The number of nitrogens with one attached hydrogen (secondary N) is 1. The van der Waals surface area contributed by atoms with Crippen LogP contribution in [0.1, 0.15) is 24.1 Å². The molecular formula is C13H21NO3. The minimum Gasteiger partial charge on any atom is -0.490 e. The summed E-state index contributed by atoms with van der Waals surface area (Å²) in [5.74, 6) is 0.741. The van der Waals surface area contributed by atoms with E-state index in [1.165, 1.54) is 0 Å². The predicted octanol–water partition coefficient (Wildman–Crippen LogP) is 1.01. The van der Waals surface area contributed by atoms with E-state index in [1.54, 1.807) is 0 Å². The van der Waals surface area contributed by atoms with Gasteiger partial charge in [0, 0.05) is 11.6 Å². The minimum absolute atomic E-state index is 0.100. The Kier molecular flexibility index (Phi) is 5.41. The number of hydrogen-bond donors (Lipinski definition) is 3. The smallest absolute Gasteiger partial charge is 0.124 e. The fraction of sp³-hybridized carbons (Fsp3) is 0.538. The van der Waals surface area contributed by atoms with E-state index in [4.69, 9.17) is 9.84 Å². The lowest BCUT2D eigenvalue weighted by Gasteiger charge is -2.18. The van der Waals surface area contributed by atoms with Gasteiger partial charge in [-0.3, -0.25) is 0 Å². The first-order valence-electron chi connectivity index (χ1n) is 5.78. The molecule has 17 heavy (non-hydrogen) atoms. The molecule has 4 heteroatoms. The van der Waals surface area contributed by atoms with Crippen molar-refractivity contribution in [3.8, 4) is 5.75 Å². The molecule has 0 saturated heterocycles. The third-order valence-corrected chi connectivity index (χ3v) is 2.71. The molecule has 3 N–H and O–H groups in total. The van der Waals surface area contributed by atoms with Gasteiger partial charge in [-0.05, 0) is 27.0 Å². The summed E-state index contributed by atoms with van der Waals surface area (Å²) in [6.07, 6.45) is -0.839. The lowest BCUT2D eigenvalue weighted by atomic mass is 10.0. The normalized spacial score (nSPS) is 14.4. The molecule has 1 aromatic carbocycles. The minimum atomic E-state index is -0.839. The van der Waals surface area contributed by atoms with Gasteiger partial charge in [0.15, 0.2) is 0 Å². The van der Waals surface area contributed by atoms with Gasteiger partial charge in [0.05, 0.1) is 6.61 Å². The van der Waals surface area contributed by atoms with E-state index in [0.717, 1.165) is 16.9 Å². The molecule has 0 aliphatic rings. The van der Waals surface area contributed by atoms with E-state index in [9.17, 15) is 5.11 Å². The molecule has 0 saturated carbocycles. The van der Waals surface area contributed by atoms with Crippen molar-refractivity contribution in [2.24, 2.45) is 0 Å². The molecule has 1 aromatic rings. The lowest BCUT2D eigenvalue weighted by Crippen LogP contribution is -2.22. The SMILES string of the molecule is CNC(C)c1cc(C)ccc1OCC(O)CO. The standard InChI is InChI=1S/C13H21NO3/c1-9-4-5-13(17-8-11(16)7-15)12(6-9)10(2)14-3/h4-6,10-11,14-16H,7-8H2,1-3H3. The zero-order chi connectivity index (χ0) is 12.8. The van der Waals surface area contributed by atoms with Crippen molar-refractivity contribution in [2.75, 3.05) is 20.3 Å². The highest BCUT2D eigenvalue weighted by Crippen LogP contribution is 2.26. The van der Waals surface area contributed by atoms with Gasteiger partial charge in [0.1, 0.15) is 18.5 Å². The monoisotopic (exact) mass is 239 g/mol. The van der Waals surface area contributed by atoms with Gasteiger partial charge < -0.3 is 20.3 Å². The van der Waals surface area contributed by atoms with E-state index in [-0.39, 0.29) is 19.3 Å². The Labute approximate surface area is 102 Å². The first-order chi connectivity index (χ1) is 8.08. The molecule has 0 bridgehead atoms. The molecule has 96 valence electrons. The van der Waals surface area contributed by atoms with Crippen LogP contribution < -0.4 is 10.1 Å². The molecule has 1 rings (SSSR count). The van der Waals surface area contributed by atoms with Gasteiger partial charge in [-0.25, -0.2) is 0 Å². The number of hydrogen-bond acceptors (Lipinski definition) is 4. The summed E-state index contributed by atoms with van der Waals surface area (Å²) in [5, 5.41) is 21.2. The Hall–Kier alpha value is -1.10. The van der Waals surface area contributed by atoms with Crippen LogP contribution in [-0.4, -0.2) is 36.6 Å². The molecule has 0 aromatic heterocycles. The molecule has 0 fully saturated rings. The summed E-state index contributed by atoms with van der Waals surface area (Å²) >= 11 is 0. The first-order valence-corrected chi connectivity index (χ1v) is 5.78. The van der Waals surface area contributed by atoms with Crippen LogP contribution in [0.2, 0.25) is 0 Å². The average Bonchev–Trinajstić information content (AvgIpc) is 2.35. The van der Waals surface area contributed by atoms with Gasteiger partial charge in [-0.2, -0.15) is 0 Å². The van der Waals surface area contributed by atoms with E-state index in [0.29, 0.717) is 0 Å². The topological polar surface area (TPSA) is 61.7 Å². The number of aliphatic hydroxyl groups excluding tert-OH is 2. The zero-order valence-electron chi connectivity index (χ0n) is 10.6. The van der Waals surface area contributed by atoms with Gasteiger partial charge in [0.2, 0.25) is 0 Å². The molecular weight excluding hydrogens is 218 g/mol. The number of ether oxygens (including phenoxy) is 1. The van der Waals surface area contributed by atoms with Gasteiger partial charge >= 0.3 is 0 Å². The van der Waals surface area contributed by atoms with Gasteiger partial charge in [0.25, 0.3) is 0 Å². The highest BCUT2D eigenvalue weighted by Gasteiger charge is 2.11. The maximum Gasteiger partial charge on any atom is 0.124 e. The molecule has 0 amide bonds. The highest BCUT2D eigenvalue weighted by atomic mass is 16.5. The largest absolute Gasteiger partial charge is 0.490 e. The molecule has 0 aliphatic carbocycles. The van der Waals surface area contributed by atoms with E-state index >= 15 is 0 Å². The number of aryl methyl sites for hydroxylation is 1. The molecule has 0 radical (unpaired) electrons. The molecule has 4 nitrogen and oxygen atoms in total. The summed E-state index contributed by atoms with van der Waals surface area (Å²) in [5.41, 5.74) is 2.22. The van der Waals surface area contributed by atoms with E-state index in [1.807, 2.05) is 33.0 Å². The van der Waals surface area contributed by atoms with Crippen LogP contribution >= 0.6 is 0 Å². The Morgan fingerprint density at radius 1 is 1.41 bits per heavy atom. The van der Waals surface area contributed by atoms with Gasteiger partial charge in [-0.1, -0.05) is 17.7 Å². The maximum atomic E-state index is 9.27. The van der Waals surface area contributed by atoms with Crippen LogP contribution in [0.15, 0.2) is 18.2 Å². The van der Waals surface area contributed by atoms with Crippen LogP contribution in [0.25, 0.3) is 0 Å². The van der Waals surface area contributed by atoms with Crippen molar-refractivity contribution >= 4 is 0 Å². The summed E-state index contributed by atoms with van der Waals surface area (Å²) < 4.78 is 5.52. The zero-order valence-corrected chi connectivity index (χ0v) is 10.6. The Morgan fingerprint density at radius 3 is 2.71 bits per heavy atom. The summed E-state index contributed by atoms with van der Waals surface area (Å²) in [7, 11) is 1.89. The molecule has 0 aliphatic heterocycles. The van der Waals surface area contributed by atoms with Crippen molar-refractivity contribution in [1.29, 1.82) is 0 Å². The summed E-state index contributed by atoms with van der Waals surface area (Å²) in [6, 6.07) is 6.09. The van der Waals surface area contributed by atoms with Gasteiger partial charge in [-0.15, -0.1) is 0 Å². The highest BCUT2D eigenvalue weighted by molar-refractivity contribution is 5.38. The average molecular weight is 239 g/mol. The van der Waals surface area contributed by atoms with Crippen molar-refractivity contribution in [2.45, 2.75) is 26.0 Å². The molecule has 0 spiro atoms. The Morgan fingerprint density at radius 2 is 2.12 bits per heavy atom. The Balaban J connectivity index is 2.83. The van der Waals surface area contributed by atoms with Crippen LogP contribution in [0, 0.1) is 6.92 Å². The summed E-state index contributed by atoms with van der Waals surface area (Å²) in [6.45, 7) is 3.88. The number of aliphatic hydroxyl groups is 2. The van der Waals surface area contributed by atoms with Crippen molar-refractivity contribution in [1.82, 2.24) is 5.32 Å². The first kappa shape index (κ1) is 14.0. The third kappa shape index (κ3) is 4.00. The third-order valence-electron chi connectivity index (χ3n) is 2.71.